The van der Waals surface area contributed by atoms with Crippen LogP contribution in [0, 0.1) is 0 Å². The minimum Gasteiger partial charge on any atom is -0.320 e. The lowest BCUT2D eigenvalue weighted by Crippen LogP contribution is -2.11. The molecule has 1 atom stereocenters. The zero-order valence-electron chi connectivity index (χ0n) is 9.34. The van der Waals surface area contributed by atoms with Gasteiger partial charge in [0.25, 0.3) is 0 Å². The van der Waals surface area contributed by atoms with E-state index in [1.165, 1.54) is 21.9 Å². The van der Waals surface area contributed by atoms with Crippen molar-refractivity contribution in [2.75, 3.05) is 0 Å². The first-order valence-electron chi connectivity index (χ1n) is 5.61. The van der Waals surface area contributed by atoms with Crippen LogP contribution in [-0.2, 0) is 0 Å². The lowest BCUT2D eigenvalue weighted by Gasteiger charge is -2.13. The van der Waals surface area contributed by atoms with E-state index in [9.17, 15) is 0 Å². The normalized spacial score (nSPS) is 12.8. The number of thiophene rings is 1. The van der Waals surface area contributed by atoms with Crippen LogP contribution >= 0.6 is 11.3 Å². The summed E-state index contributed by atoms with van der Waals surface area (Å²) >= 11 is 1.69. The maximum absolute atomic E-state index is 6.33. The van der Waals surface area contributed by atoms with Crippen LogP contribution in [0.2, 0.25) is 0 Å². The molecule has 3 aromatic rings. The molecule has 3 rings (SSSR count). The SMILES string of the molecule is N[C@@H](c1ccsc1)c1cccc2ccccc12. The number of hydrogen-bond acceptors (Lipinski definition) is 2. The van der Waals surface area contributed by atoms with Crippen molar-refractivity contribution < 1.29 is 0 Å². The van der Waals surface area contributed by atoms with Gasteiger partial charge < -0.3 is 5.73 Å². The Kier molecular flexibility index (Phi) is 2.67. The molecule has 1 heterocycles. The Morgan fingerprint density at radius 3 is 2.59 bits per heavy atom. The van der Waals surface area contributed by atoms with Gasteiger partial charge in [0.15, 0.2) is 0 Å². The topological polar surface area (TPSA) is 26.0 Å². The molecule has 0 radical (unpaired) electrons. The van der Waals surface area contributed by atoms with E-state index in [1.807, 2.05) is 0 Å². The van der Waals surface area contributed by atoms with Crippen LogP contribution in [0.1, 0.15) is 17.2 Å². The van der Waals surface area contributed by atoms with Crippen LogP contribution in [0.5, 0.6) is 0 Å². The average molecular weight is 239 g/mol. The Bertz CT molecular complexity index is 623. The molecule has 0 spiro atoms. The van der Waals surface area contributed by atoms with Crippen LogP contribution in [0.25, 0.3) is 10.8 Å². The van der Waals surface area contributed by atoms with Crippen molar-refractivity contribution in [2.45, 2.75) is 6.04 Å². The summed E-state index contributed by atoms with van der Waals surface area (Å²) < 4.78 is 0. The number of rotatable bonds is 2. The number of benzene rings is 2. The molecular weight excluding hydrogens is 226 g/mol. The molecule has 84 valence electrons. The minimum atomic E-state index is -0.0349. The van der Waals surface area contributed by atoms with E-state index in [2.05, 4.69) is 59.3 Å². The zero-order valence-corrected chi connectivity index (χ0v) is 10.2. The Balaban J connectivity index is 2.17. The maximum Gasteiger partial charge on any atom is 0.0565 e. The molecule has 0 unspecified atom stereocenters. The predicted octanol–water partition coefficient (Wildman–Crippen LogP) is 3.95. The highest BCUT2D eigenvalue weighted by atomic mass is 32.1. The van der Waals surface area contributed by atoms with Gasteiger partial charge in [-0.25, -0.2) is 0 Å². The molecule has 17 heavy (non-hydrogen) atoms. The van der Waals surface area contributed by atoms with Crippen molar-refractivity contribution in [3.63, 3.8) is 0 Å². The van der Waals surface area contributed by atoms with Gasteiger partial charge in [0.1, 0.15) is 0 Å². The van der Waals surface area contributed by atoms with Crippen LogP contribution in [0.3, 0.4) is 0 Å². The second kappa shape index (κ2) is 4.32. The van der Waals surface area contributed by atoms with Crippen molar-refractivity contribution in [3.05, 3.63) is 70.4 Å². The van der Waals surface area contributed by atoms with Crippen LogP contribution in [0.4, 0.5) is 0 Å². The molecule has 0 bridgehead atoms. The molecule has 2 aromatic carbocycles. The van der Waals surface area contributed by atoms with E-state index < -0.39 is 0 Å². The molecule has 1 nitrogen and oxygen atoms in total. The fourth-order valence-corrected chi connectivity index (χ4v) is 2.85. The molecule has 1 aromatic heterocycles. The van der Waals surface area contributed by atoms with Gasteiger partial charge in [-0.05, 0) is 38.7 Å². The smallest absolute Gasteiger partial charge is 0.0565 e. The second-order valence-electron chi connectivity index (χ2n) is 4.10. The Morgan fingerprint density at radius 1 is 0.941 bits per heavy atom. The molecule has 0 aliphatic carbocycles. The number of nitrogens with two attached hydrogens (primary N) is 1. The summed E-state index contributed by atoms with van der Waals surface area (Å²) in [4.78, 5) is 0. The highest BCUT2D eigenvalue weighted by Crippen LogP contribution is 2.28. The van der Waals surface area contributed by atoms with Crippen molar-refractivity contribution in [1.29, 1.82) is 0 Å². The van der Waals surface area contributed by atoms with Gasteiger partial charge in [-0.15, -0.1) is 0 Å². The second-order valence-corrected chi connectivity index (χ2v) is 4.88. The molecule has 0 fully saturated rings. The van der Waals surface area contributed by atoms with Gasteiger partial charge in [-0.2, -0.15) is 11.3 Å². The maximum atomic E-state index is 6.33. The Labute approximate surface area is 105 Å². The lowest BCUT2D eigenvalue weighted by atomic mass is 9.96. The van der Waals surface area contributed by atoms with E-state index in [4.69, 9.17) is 5.73 Å². The molecule has 0 aliphatic rings. The van der Waals surface area contributed by atoms with Crippen molar-refractivity contribution in [2.24, 2.45) is 5.73 Å². The first kappa shape index (κ1) is 10.5. The van der Waals surface area contributed by atoms with Crippen molar-refractivity contribution in [1.82, 2.24) is 0 Å². The fourth-order valence-electron chi connectivity index (χ4n) is 2.15. The molecule has 2 N–H and O–H groups in total. The van der Waals surface area contributed by atoms with E-state index in [-0.39, 0.29) is 6.04 Å². The van der Waals surface area contributed by atoms with Gasteiger partial charge in [0, 0.05) is 0 Å². The summed E-state index contributed by atoms with van der Waals surface area (Å²) in [6.45, 7) is 0. The van der Waals surface area contributed by atoms with E-state index in [0.29, 0.717) is 0 Å². The fraction of sp³-hybridized carbons (Fsp3) is 0.0667. The molecule has 2 heteroatoms. The lowest BCUT2D eigenvalue weighted by molar-refractivity contribution is 0.886. The molecular formula is C15H13NS. The Morgan fingerprint density at radius 2 is 1.76 bits per heavy atom. The highest BCUT2D eigenvalue weighted by molar-refractivity contribution is 7.08. The van der Waals surface area contributed by atoms with Crippen molar-refractivity contribution >= 4 is 22.1 Å². The molecule has 0 saturated heterocycles. The third kappa shape index (κ3) is 1.86. The summed E-state index contributed by atoms with van der Waals surface area (Å²) in [5, 5.41) is 6.68. The number of hydrogen-bond donors (Lipinski definition) is 1. The Hall–Kier alpha value is -1.64. The van der Waals surface area contributed by atoms with Crippen molar-refractivity contribution in [3.8, 4) is 0 Å². The predicted molar refractivity (Wildman–Crippen MR) is 74.3 cm³/mol. The summed E-state index contributed by atoms with van der Waals surface area (Å²) in [5.74, 6) is 0. The summed E-state index contributed by atoms with van der Waals surface area (Å²) in [5.41, 5.74) is 8.72. The summed E-state index contributed by atoms with van der Waals surface area (Å²) in [6.07, 6.45) is 0. The third-order valence-corrected chi connectivity index (χ3v) is 3.76. The molecule has 0 aliphatic heterocycles. The summed E-state index contributed by atoms with van der Waals surface area (Å²) in [7, 11) is 0. The largest absolute Gasteiger partial charge is 0.320 e. The average Bonchev–Trinajstić information content (AvgIpc) is 2.91. The van der Waals surface area contributed by atoms with Gasteiger partial charge in [-0.1, -0.05) is 42.5 Å². The van der Waals surface area contributed by atoms with E-state index >= 15 is 0 Å². The van der Waals surface area contributed by atoms with Crippen LogP contribution in [-0.4, -0.2) is 0 Å². The summed E-state index contributed by atoms with van der Waals surface area (Å²) in [6, 6.07) is 16.8. The number of fused-ring (bicyclic) bond motifs is 1. The first-order chi connectivity index (χ1) is 8.36. The third-order valence-electron chi connectivity index (χ3n) is 3.06. The van der Waals surface area contributed by atoms with Crippen LogP contribution < -0.4 is 5.73 Å². The van der Waals surface area contributed by atoms with E-state index in [1.54, 1.807) is 11.3 Å². The first-order valence-corrected chi connectivity index (χ1v) is 6.56. The quantitative estimate of drug-likeness (QED) is 0.720. The standard InChI is InChI=1S/C15H13NS/c16-15(12-8-9-17-10-12)14-7-3-5-11-4-1-2-6-13(11)14/h1-10,15H,16H2/t15-/m0/s1. The van der Waals surface area contributed by atoms with E-state index in [0.717, 1.165) is 0 Å². The van der Waals surface area contributed by atoms with Crippen LogP contribution in [0.15, 0.2) is 59.3 Å². The minimum absolute atomic E-state index is 0.0349. The van der Waals surface area contributed by atoms with Gasteiger partial charge in [0.2, 0.25) is 0 Å². The van der Waals surface area contributed by atoms with Gasteiger partial charge in [-0.3, -0.25) is 0 Å². The molecule has 0 amide bonds. The van der Waals surface area contributed by atoms with Gasteiger partial charge >= 0.3 is 0 Å². The zero-order chi connectivity index (χ0) is 11.7. The highest BCUT2D eigenvalue weighted by Gasteiger charge is 2.11. The monoisotopic (exact) mass is 239 g/mol. The van der Waals surface area contributed by atoms with Gasteiger partial charge in [0.05, 0.1) is 6.04 Å². The molecule has 0 saturated carbocycles.